The van der Waals surface area contributed by atoms with Crippen LogP contribution in [-0.2, 0) is 19.4 Å². The van der Waals surface area contributed by atoms with Crippen LogP contribution in [0.25, 0.3) is 10.9 Å². The average Bonchev–Trinajstić information content (AvgIpc) is 3.35. The number of ether oxygens (including phenoxy) is 2. The van der Waals surface area contributed by atoms with Gasteiger partial charge in [-0.1, -0.05) is 53.7 Å². The van der Waals surface area contributed by atoms with Gasteiger partial charge in [0.1, 0.15) is 6.61 Å². The lowest BCUT2D eigenvalue weighted by Gasteiger charge is -2.46. The number of benzene rings is 3. The molecule has 1 aromatic heterocycles. The van der Waals surface area contributed by atoms with E-state index in [0.29, 0.717) is 6.61 Å². The molecule has 0 radical (unpaired) electrons. The Hall–Kier alpha value is -3.98. The molecule has 2 unspecified atom stereocenters. The fourth-order valence-electron chi connectivity index (χ4n) is 6.24. The van der Waals surface area contributed by atoms with E-state index in [4.69, 9.17) is 21.1 Å². The van der Waals surface area contributed by atoms with Gasteiger partial charge in [0, 0.05) is 34.8 Å². The van der Waals surface area contributed by atoms with E-state index < -0.39 is 5.83 Å². The molecule has 2 aliphatic heterocycles. The molecule has 0 bridgehead atoms. The van der Waals surface area contributed by atoms with Crippen molar-refractivity contribution in [1.82, 2.24) is 9.88 Å². The average molecular weight is 537 g/mol. The molecule has 0 amide bonds. The van der Waals surface area contributed by atoms with Gasteiger partial charge in [0.15, 0.2) is 17.3 Å². The Kier molecular flexibility index (Phi) is 5.96. The summed E-state index contributed by atoms with van der Waals surface area (Å²) in [5, 5.41) is 1.77. The number of hydrogen-bond acceptors (Lipinski definition) is 3. The number of fused-ring (bicyclic) bond motifs is 6. The van der Waals surface area contributed by atoms with Crippen LogP contribution in [0.2, 0.25) is 5.02 Å². The zero-order valence-corrected chi connectivity index (χ0v) is 22.2. The Morgan fingerprint density at radius 3 is 2.72 bits per heavy atom. The monoisotopic (exact) mass is 536 g/mol. The van der Waals surface area contributed by atoms with Gasteiger partial charge >= 0.3 is 0 Å². The minimum atomic E-state index is -0.415. The van der Waals surface area contributed by atoms with Gasteiger partial charge in [-0.3, -0.25) is 4.90 Å². The minimum Gasteiger partial charge on any atom is -0.493 e. The van der Waals surface area contributed by atoms with Crippen molar-refractivity contribution < 1.29 is 13.9 Å². The van der Waals surface area contributed by atoms with Crippen molar-refractivity contribution in [2.45, 2.75) is 31.5 Å². The maximum absolute atomic E-state index is 13.9. The fraction of sp³-hybridized carbons (Fsp3) is 0.212. The number of methoxy groups -OCH3 is 1. The summed E-state index contributed by atoms with van der Waals surface area (Å²) in [5.74, 6) is 1.05. The highest BCUT2D eigenvalue weighted by molar-refractivity contribution is 6.35. The second-order valence-corrected chi connectivity index (χ2v) is 10.6. The van der Waals surface area contributed by atoms with E-state index in [-0.39, 0.29) is 12.1 Å². The van der Waals surface area contributed by atoms with Gasteiger partial charge in [-0.25, -0.2) is 0 Å². The standard InChI is InChI=1S/C33H26ClFN2O2/c1-38-29-16-22-14-15-37-28(24(22)18-30(29)39-19-20-6-3-2-4-7-20)17-25-31-26(34)8-5-9-27(31)36-32(25)33(37)21-10-12-23(35)13-11-21/h2-10,12,16,18,28,33,36H,14-15,17,19H2,1H3. The van der Waals surface area contributed by atoms with Gasteiger partial charge in [-0.2, -0.15) is 4.39 Å². The van der Waals surface area contributed by atoms with Crippen molar-refractivity contribution >= 4 is 22.5 Å². The number of H-pyrrole nitrogens is 1. The molecule has 0 saturated carbocycles. The second kappa shape index (κ2) is 9.64. The van der Waals surface area contributed by atoms with Crippen LogP contribution in [-0.4, -0.2) is 23.5 Å². The molecular weight excluding hydrogens is 511 g/mol. The van der Waals surface area contributed by atoms with Crippen LogP contribution in [0.4, 0.5) is 4.39 Å². The Morgan fingerprint density at radius 2 is 1.92 bits per heavy atom. The lowest BCUT2D eigenvalue weighted by atomic mass is 9.80. The Labute approximate surface area is 231 Å². The quantitative estimate of drug-likeness (QED) is 0.265. The van der Waals surface area contributed by atoms with Crippen LogP contribution in [0.15, 0.2) is 95.7 Å². The van der Waals surface area contributed by atoms with Crippen LogP contribution in [0.1, 0.15) is 40.0 Å². The number of allylic oxidation sites excluding steroid dienone is 2. The zero-order chi connectivity index (χ0) is 26.5. The molecule has 0 spiro atoms. The van der Waals surface area contributed by atoms with Gasteiger partial charge in [-0.15, -0.1) is 0 Å². The fourth-order valence-corrected chi connectivity index (χ4v) is 6.53. The van der Waals surface area contributed by atoms with Crippen LogP contribution in [0.3, 0.4) is 0 Å². The van der Waals surface area contributed by atoms with E-state index in [1.54, 1.807) is 7.11 Å². The Balaban J connectivity index is 1.36. The van der Waals surface area contributed by atoms with Crippen LogP contribution < -0.4 is 9.47 Å². The number of rotatable bonds is 5. The molecule has 3 aliphatic rings. The third-order valence-electron chi connectivity index (χ3n) is 8.00. The summed E-state index contributed by atoms with van der Waals surface area (Å²) < 4.78 is 25.9. The molecule has 3 aromatic carbocycles. The topological polar surface area (TPSA) is 37.5 Å². The lowest BCUT2D eigenvalue weighted by Crippen LogP contribution is -2.43. The summed E-state index contributed by atoms with van der Waals surface area (Å²) >= 11 is 6.76. The van der Waals surface area contributed by atoms with Crippen LogP contribution in [0, 0.1) is 0 Å². The van der Waals surface area contributed by atoms with Gasteiger partial charge < -0.3 is 14.5 Å². The van der Waals surface area contributed by atoms with E-state index in [9.17, 15) is 4.39 Å². The summed E-state index contributed by atoms with van der Waals surface area (Å²) in [6.07, 6.45) is 4.92. The molecular formula is C33H26ClFN2O2. The SMILES string of the molecule is COc1cc2c(cc1OCc1ccccc1)C1Cc3c([nH]c4cccc(Cl)c34)C(C3=C=C=C(F)C=C3)N1CC2. The summed E-state index contributed by atoms with van der Waals surface area (Å²) in [4.78, 5) is 6.13. The zero-order valence-electron chi connectivity index (χ0n) is 21.4. The maximum Gasteiger partial charge on any atom is 0.173 e. The highest BCUT2D eigenvalue weighted by Gasteiger charge is 2.42. The molecule has 2 atom stereocenters. The van der Waals surface area contributed by atoms with Gasteiger partial charge in [0.05, 0.1) is 18.2 Å². The van der Waals surface area contributed by atoms with Gasteiger partial charge in [0.25, 0.3) is 0 Å². The largest absolute Gasteiger partial charge is 0.493 e. The molecule has 7 rings (SSSR count). The maximum atomic E-state index is 13.9. The molecule has 6 heteroatoms. The number of nitrogens with one attached hydrogen (secondary N) is 1. The Bertz CT molecular complexity index is 1740. The minimum absolute atomic E-state index is 0.0740. The molecule has 4 aromatic rings. The predicted molar refractivity (Wildman–Crippen MR) is 151 cm³/mol. The molecule has 0 fully saturated rings. The number of aromatic nitrogens is 1. The first-order valence-electron chi connectivity index (χ1n) is 13.1. The van der Waals surface area contributed by atoms with E-state index in [1.165, 1.54) is 22.8 Å². The van der Waals surface area contributed by atoms with E-state index in [1.807, 2.05) is 36.4 Å². The van der Waals surface area contributed by atoms with E-state index in [2.05, 4.69) is 51.7 Å². The summed E-state index contributed by atoms with van der Waals surface area (Å²) in [5.41, 5.74) is 13.5. The van der Waals surface area contributed by atoms with E-state index in [0.717, 1.165) is 63.6 Å². The number of nitrogens with zero attached hydrogens (tertiary/aromatic N) is 1. The molecule has 39 heavy (non-hydrogen) atoms. The predicted octanol–water partition coefficient (Wildman–Crippen LogP) is 7.71. The lowest BCUT2D eigenvalue weighted by molar-refractivity contribution is 0.126. The molecule has 4 nitrogen and oxygen atoms in total. The normalized spacial score (nSPS) is 19.7. The molecule has 1 aliphatic carbocycles. The van der Waals surface area contributed by atoms with Crippen LogP contribution in [0.5, 0.6) is 11.5 Å². The number of hydrogen-bond donors (Lipinski definition) is 1. The van der Waals surface area contributed by atoms with Gasteiger partial charge in [-0.05, 0) is 77.2 Å². The first-order chi connectivity index (χ1) is 19.1. The van der Waals surface area contributed by atoms with Crippen molar-refractivity contribution in [3.8, 4) is 11.5 Å². The third kappa shape index (κ3) is 4.12. The van der Waals surface area contributed by atoms with Crippen molar-refractivity contribution in [3.05, 3.63) is 129 Å². The Morgan fingerprint density at radius 1 is 1.05 bits per heavy atom. The summed E-state index contributed by atoms with van der Waals surface area (Å²) in [6.45, 7) is 1.29. The van der Waals surface area contributed by atoms with Crippen molar-refractivity contribution in [3.63, 3.8) is 0 Å². The van der Waals surface area contributed by atoms with Gasteiger partial charge in [0.2, 0.25) is 0 Å². The third-order valence-corrected chi connectivity index (χ3v) is 8.32. The molecule has 0 saturated heterocycles. The molecule has 1 N–H and O–H groups in total. The highest BCUT2D eigenvalue weighted by atomic mass is 35.5. The number of halogens is 2. The summed E-state index contributed by atoms with van der Waals surface area (Å²) in [6, 6.07) is 20.3. The first kappa shape index (κ1) is 24.1. The molecule has 3 heterocycles. The van der Waals surface area contributed by atoms with Crippen molar-refractivity contribution in [2.75, 3.05) is 13.7 Å². The van der Waals surface area contributed by atoms with Crippen molar-refractivity contribution in [1.29, 1.82) is 0 Å². The highest BCUT2D eigenvalue weighted by Crippen LogP contribution is 2.50. The number of aromatic amines is 1. The smallest absolute Gasteiger partial charge is 0.173 e. The summed E-state index contributed by atoms with van der Waals surface area (Å²) in [7, 11) is 1.68. The van der Waals surface area contributed by atoms with E-state index >= 15 is 0 Å². The van der Waals surface area contributed by atoms with Crippen molar-refractivity contribution in [2.24, 2.45) is 0 Å². The van der Waals surface area contributed by atoms with Crippen LogP contribution >= 0.6 is 11.6 Å². The first-order valence-corrected chi connectivity index (χ1v) is 13.5. The molecule has 194 valence electrons. The second-order valence-electron chi connectivity index (χ2n) is 10.2.